The van der Waals surface area contributed by atoms with Crippen molar-refractivity contribution >= 4 is 0 Å². The van der Waals surface area contributed by atoms with Crippen molar-refractivity contribution in [2.75, 3.05) is 6.54 Å². The summed E-state index contributed by atoms with van der Waals surface area (Å²) < 4.78 is 37.2. The summed E-state index contributed by atoms with van der Waals surface area (Å²) in [4.78, 5) is 0. The molecule has 0 aliphatic carbocycles. The zero-order valence-electron chi connectivity index (χ0n) is 8.51. The van der Waals surface area contributed by atoms with Crippen LogP contribution in [0.15, 0.2) is 24.3 Å². The fraction of sp³-hybridized carbons (Fsp3) is 0.455. The van der Waals surface area contributed by atoms with E-state index in [0.717, 1.165) is 6.07 Å². The van der Waals surface area contributed by atoms with Gasteiger partial charge in [0.05, 0.1) is 5.56 Å². The monoisotopic (exact) mass is 217 g/mol. The Bertz CT molecular complexity index is 320. The van der Waals surface area contributed by atoms with Crippen LogP contribution in [0.2, 0.25) is 0 Å². The SMILES string of the molecule is C[C@@H](CCN)c1cccc(C(F)(F)F)c1. The first kappa shape index (κ1) is 12.0. The van der Waals surface area contributed by atoms with Crippen molar-refractivity contribution in [3.8, 4) is 0 Å². The lowest BCUT2D eigenvalue weighted by molar-refractivity contribution is -0.137. The van der Waals surface area contributed by atoms with Crippen molar-refractivity contribution in [2.45, 2.75) is 25.4 Å². The molecule has 2 N–H and O–H groups in total. The van der Waals surface area contributed by atoms with E-state index in [1.54, 1.807) is 6.07 Å². The Kier molecular flexibility index (Phi) is 3.74. The van der Waals surface area contributed by atoms with Crippen molar-refractivity contribution in [1.29, 1.82) is 0 Å². The molecule has 1 aromatic rings. The van der Waals surface area contributed by atoms with Gasteiger partial charge < -0.3 is 5.73 Å². The van der Waals surface area contributed by atoms with Crippen LogP contribution < -0.4 is 5.73 Å². The van der Waals surface area contributed by atoms with Crippen molar-refractivity contribution in [1.82, 2.24) is 0 Å². The third kappa shape index (κ3) is 3.23. The Hall–Kier alpha value is -1.03. The van der Waals surface area contributed by atoms with Crippen molar-refractivity contribution < 1.29 is 13.2 Å². The smallest absolute Gasteiger partial charge is 0.330 e. The first-order chi connectivity index (χ1) is 6.95. The summed E-state index contributed by atoms with van der Waals surface area (Å²) in [7, 11) is 0. The Balaban J connectivity index is 2.92. The minimum atomic E-state index is -4.27. The van der Waals surface area contributed by atoms with Crippen LogP contribution in [0.3, 0.4) is 0 Å². The maximum absolute atomic E-state index is 12.4. The molecule has 0 heterocycles. The normalized spacial score (nSPS) is 13.9. The van der Waals surface area contributed by atoms with Gasteiger partial charge >= 0.3 is 6.18 Å². The zero-order chi connectivity index (χ0) is 11.5. The lowest BCUT2D eigenvalue weighted by atomic mass is 9.96. The summed E-state index contributed by atoms with van der Waals surface area (Å²) in [5, 5.41) is 0. The lowest BCUT2D eigenvalue weighted by Crippen LogP contribution is -2.08. The van der Waals surface area contributed by atoms with Gasteiger partial charge in [-0.2, -0.15) is 13.2 Å². The van der Waals surface area contributed by atoms with Gasteiger partial charge in [0.15, 0.2) is 0 Å². The molecule has 0 saturated heterocycles. The zero-order valence-corrected chi connectivity index (χ0v) is 8.51. The number of nitrogens with two attached hydrogens (primary N) is 1. The van der Waals surface area contributed by atoms with E-state index in [4.69, 9.17) is 5.73 Å². The molecule has 1 aromatic carbocycles. The van der Waals surface area contributed by atoms with Crippen LogP contribution in [0.1, 0.15) is 30.4 Å². The first-order valence-corrected chi connectivity index (χ1v) is 4.82. The molecule has 0 spiro atoms. The van der Waals surface area contributed by atoms with Gasteiger partial charge in [-0.05, 0) is 30.5 Å². The van der Waals surface area contributed by atoms with Gasteiger partial charge in [-0.25, -0.2) is 0 Å². The molecule has 0 bridgehead atoms. The van der Waals surface area contributed by atoms with E-state index in [1.165, 1.54) is 12.1 Å². The van der Waals surface area contributed by atoms with Crippen LogP contribution in [-0.2, 0) is 6.18 Å². The Morgan fingerprint density at radius 3 is 2.53 bits per heavy atom. The molecule has 0 amide bonds. The maximum atomic E-state index is 12.4. The maximum Gasteiger partial charge on any atom is 0.416 e. The van der Waals surface area contributed by atoms with Crippen LogP contribution in [0.5, 0.6) is 0 Å². The Morgan fingerprint density at radius 1 is 1.33 bits per heavy atom. The highest BCUT2D eigenvalue weighted by Crippen LogP contribution is 2.31. The van der Waals surface area contributed by atoms with E-state index in [0.29, 0.717) is 18.5 Å². The predicted octanol–water partition coefficient (Wildman–Crippen LogP) is 3.16. The number of rotatable bonds is 3. The van der Waals surface area contributed by atoms with Gasteiger partial charge in [-0.15, -0.1) is 0 Å². The number of hydrogen-bond acceptors (Lipinski definition) is 1. The average Bonchev–Trinajstić information content (AvgIpc) is 2.17. The Labute approximate surface area is 87.1 Å². The molecular weight excluding hydrogens is 203 g/mol. The highest BCUT2D eigenvalue weighted by molar-refractivity contribution is 5.27. The highest BCUT2D eigenvalue weighted by Gasteiger charge is 2.30. The van der Waals surface area contributed by atoms with E-state index in [9.17, 15) is 13.2 Å². The third-order valence-electron chi connectivity index (χ3n) is 2.38. The van der Waals surface area contributed by atoms with Gasteiger partial charge in [-0.3, -0.25) is 0 Å². The highest BCUT2D eigenvalue weighted by atomic mass is 19.4. The summed E-state index contributed by atoms with van der Waals surface area (Å²) in [5.41, 5.74) is 5.46. The molecule has 0 fully saturated rings. The van der Waals surface area contributed by atoms with Crippen LogP contribution in [-0.4, -0.2) is 6.54 Å². The van der Waals surface area contributed by atoms with Gasteiger partial charge in [0.2, 0.25) is 0 Å². The fourth-order valence-corrected chi connectivity index (χ4v) is 1.44. The predicted molar refractivity (Wildman–Crippen MR) is 53.5 cm³/mol. The topological polar surface area (TPSA) is 26.0 Å². The molecule has 15 heavy (non-hydrogen) atoms. The molecule has 0 saturated carbocycles. The van der Waals surface area contributed by atoms with Crippen molar-refractivity contribution in [3.05, 3.63) is 35.4 Å². The minimum Gasteiger partial charge on any atom is -0.330 e. The van der Waals surface area contributed by atoms with E-state index in [1.807, 2.05) is 6.92 Å². The summed E-state index contributed by atoms with van der Waals surface area (Å²) in [6.45, 7) is 2.36. The average molecular weight is 217 g/mol. The second-order valence-corrected chi connectivity index (χ2v) is 3.60. The van der Waals surface area contributed by atoms with Crippen LogP contribution >= 0.6 is 0 Å². The standard InChI is InChI=1S/C11H14F3N/c1-8(5-6-15)9-3-2-4-10(7-9)11(12,13)14/h2-4,7-8H,5-6,15H2,1H3/t8-/m0/s1. The molecule has 1 atom stereocenters. The summed E-state index contributed by atoms with van der Waals surface area (Å²) in [5.74, 6) is 0.0669. The minimum absolute atomic E-state index is 0.0669. The number of halogens is 3. The molecule has 1 nitrogen and oxygen atoms in total. The van der Waals surface area contributed by atoms with E-state index in [2.05, 4.69) is 0 Å². The molecule has 0 aliphatic rings. The van der Waals surface area contributed by atoms with Crippen molar-refractivity contribution in [2.24, 2.45) is 5.73 Å². The molecule has 0 aromatic heterocycles. The van der Waals surface area contributed by atoms with Crippen LogP contribution in [0, 0.1) is 0 Å². The summed E-state index contributed by atoms with van der Waals surface area (Å²) >= 11 is 0. The molecule has 4 heteroatoms. The molecule has 0 aliphatic heterocycles. The van der Waals surface area contributed by atoms with Crippen LogP contribution in [0.25, 0.3) is 0 Å². The van der Waals surface area contributed by atoms with E-state index in [-0.39, 0.29) is 5.92 Å². The molecular formula is C11H14F3N. The van der Waals surface area contributed by atoms with Gasteiger partial charge in [0, 0.05) is 0 Å². The molecule has 84 valence electrons. The number of benzene rings is 1. The summed E-state index contributed by atoms with van der Waals surface area (Å²) in [6.07, 6.45) is -3.57. The first-order valence-electron chi connectivity index (χ1n) is 4.82. The van der Waals surface area contributed by atoms with E-state index >= 15 is 0 Å². The van der Waals surface area contributed by atoms with Gasteiger partial charge in [0.25, 0.3) is 0 Å². The number of hydrogen-bond donors (Lipinski definition) is 1. The second-order valence-electron chi connectivity index (χ2n) is 3.60. The second kappa shape index (κ2) is 4.66. The third-order valence-corrected chi connectivity index (χ3v) is 2.38. The number of alkyl halides is 3. The summed E-state index contributed by atoms with van der Waals surface area (Å²) in [6, 6.07) is 5.42. The quantitative estimate of drug-likeness (QED) is 0.826. The lowest BCUT2D eigenvalue weighted by Gasteiger charge is -2.13. The molecule has 1 rings (SSSR count). The van der Waals surface area contributed by atoms with Gasteiger partial charge in [0.1, 0.15) is 0 Å². The largest absolute Gasteiger partial charge is 0.416 e. The Morgan fingerprint density at radius 2 is 2.00 bits per heavy atom. The van der Waals surface area contributed by atoms with Crippen molar-refractivity contribution in [3.63, 3.8) is 0 Å². The van der Waals surface area contributed by atoms with E-state index < -0.39 is 11.7 Å². The molecule has 0 radical (unpaired) electrons. The van der Waals surface area contributed by atoms with Crippen LogP contribution in [0.4, 0.5) is 13.2 Å². The molecule has 0 unspecified atom stereocenters. The fourth-order valence-electron chi connectivity index (χ4n) is 1.44. The van der Waals surface area contributed by atoms with Gasteiger partial charge in [-0.1, -0.05) is 25.1 Å².